The molecule has 102 valence electrons. The van der Waals surface area contributed by atoms with E-state index in [1.807, 2.05) is 12.4 Å². The third kappa shape index (κ3) is 3.86. The zero-order valence-electron chi connectivity index (χ0n) is 12.0. The van der Waals surface area contributed by atoms with Crippen LogP contribution in [0.4, 0.5) is 0 Å². The first-order valence-electron chi connectivity index (χ1n) is 7.70. The molecule has 18 heavy (non-hydrogen) atoms. The molecule has 1 N–H and O–H groups in total. The molecule has 1 aliphatic rings. The quantitative estimate of drug-likeness (QED) is 0.774. The molecule has 1 unspecified atom stereocenters. The Morgan fingerprint density at radius 3 is 2.72 bits per heavy atom. The molecule has 0 spiro atoms. The molecule has 1 heterocycles. The Morgan fingerprint density at radius 1 is 1.33 bits per heavy atom. The third-order valence-electron chi connectivity index (χ3n) is 4.88. The van der Waals surface area contributed by atoms with Crippen molar-refractivity contribution in [3.8, 4) is 0 Å². The van der Waals surface area contributed by atoms with Crippen LogP contribution in [0.1, 0.15) is 71.0 Å². The molecule has 1 aromatic rings. The van der Waals surface area contributed by atoms with E-state index < -0.39 is 0 Å². The number of nitrogens with zero attached hydrogens (tertiary/aromatic N) is 1. The van der Waals surface area contributed by atoms with Crippen LogP contribution in [0.15, 0.2) is 12.4 Å². The van der Waals surface area contributed by atoms with E-state index in [2.05, 4.69) is 23.8 Å². The lowest BCUT2D eigenvalue weighted by Gasteiger charge is -2.34. The molecule has 1 atom stereocenters. The molecule has 0 bridgehead atoms. The molecule has 1 fully saturated rings. The lowest BCUT2D eigenvalue weighted by Crippen LogP contribution is -2.22. The van der Waals surface area contributed by atoms with E-state index in [0.717, 1.165) is 18.2 Å². The van der Waals surface area contributed by atoms with Crippen LogP contribution in [0, 0.1) is 11.3 Å². The van der Waals surface area contributed by atoms with E-state index in [-0.39, 0.29) is 0 Å². The smallest absolute Gasteiger partial charge is 0.106 e. The summed E-state index contributed by atoms with van der Waals surface area (Å²) in [5.74, 6) is 2.14. The first-order valence-corrected chi connectivity index (χ1v) is 7.70. The molecule has 0 amide bonds. The Labute approximate surface area is 112 Å². The Kier molecular flexibility index (Phi) is 4.85. The van der Waals surface area contributed by atoms with Gasteiger partial charge in [0.25, 0.3) is 0 Å². The van der Waals surface area contributed by atoms with Crippen LogP contribution in [0.3, 0.4) is 0 Å². The number of rotatable bonds is 6. The van der Waals surface area contributed by atoms with E-state index in [1.165, 1.54) is 51.4 Å². The molecule has 0 aromatic carbocycles. The van der Waals surface area contributed by atoms with Gasteiger partial charge >= 0.3 is 0 Å². The van der Waals surface area contributed by atoms with Crippen molar-refractivity contribution < 1.29 is 0 Å². The number of nitrogens with one attached hydrogen (secondary N) is 1. The number of hydrogen-bond acceptors (Lipinski definition) is 1. The average Bonchev–Trinajstić information content (AvgIpc) is 2.91. The summed E-state index contributed by atoms with van der Waals surface area (Å²) in [4.78, 5) is 7.57. The van der Waals surface area contributed by atoms with Gasteiger partial charge < -0.3 is 4.98 Å². The van der Waals surface area contributed by atoms with Crippen molar-refractivity contribution >= 4 is 0 Å². The molecule has 1 aliphatic carbocycles. The van der Waals surface area contributed by atoms with E-state index in [4.69, 9.17) is 0 Å². The highest BCUT2D eigenvalue weighted by atomic mass is 14.9. The van der Waals surface area contributed by atoms with E-state index in [1.54, 1.807) is 0 Å². The van der Waals surface area contributed by atoms with Gasteiger partial charge in [0.15, 0.2) is 0 Å². The Morgan fingerprint density at radius 2 is 2.11 bits per heavy atom. The maximum absolute atomic E-state index is 4.34. The minimum atomic E-state index is 0.509. The molecule has 0 aliphatic heterocycles. The molecular weight excluding hydrogens is 220 g/mol. The minimum absolute atomic E-state index is 0.509. The Balaban J connectivity index is 1.84. The second-order valence-electron chi connectivity index (χ2n) is 6.41. The van der Waals surface area contributed by atoms with Crippen LogP contribution in [-0.2, 0) is 6.42 Å². The number of aromatic amines is 1. The zero-order chi connectivity index (χ0) is 12.8. The Bertz CT molecular complexity index is 325. The van der Waals surface area contributed by atoms with Crippen LogP contribution in [-0.4, -0.2) is 9.97 Å². The maximum Gasteiger partial charge on any atom is 0.106 e. The van der Waals surface area contributed by atoms with Crippen molar-refractivity contribution in [2.75, 3.05) is 0 Å². The molecular formula is C16H28N2. The summed E-state index contributed by atoms with van der Waals surface area (Å²) in [5, 5.41) is 0. The normalized spacial score (nSPS) is 20.8. The largest absolute Gasteiger partial charge is 0.349 e. The van der Waals surface area contributed by atoms with Crippen molar-refractivity contribution in [1.82, 2.24) is 9.97 Å². The van der Waals surface area contributed by atoms with Crippen molar-refractivity contribution in [3.05, 3.63) is 18.2 Å². The fourth-order valence-corrected chi connectivity index (χ4v) is 3.37. The highest BCUT2D eigenvalue weighted by molar-refractivity contribution is 4.90. The lowest BCUT2D eigenvalue weighted by molar-refractivity contribution is 0.182. The van der Waals surface area contributed by atoms with Crippen LogP contribution in [0.2, 0.25) is 0 Å². The SMILES string of the molecule is CCC(C)(CCc1ncc[nH]1)CC1CCCCC1. The average molecular weight is 248 g/mol. The molecule has 0 saturated heterocycles. The topological polar surface area (TPSA) is 28.7 Å². The van der Waals surface area contributed by atoms with Gasteiger partial charge in [-0.15, -0.1) is 0 Å². The second-order valence-corrected chi connectivity index (χ2v) is 6.41. The van der Waals surface area contributed by atoms with E-state index in [9.17, 15) is 0 Å². The summed E-state index contributed by atoms with van der Waals surface area (Å²) in [7, 11) is 0. The fraction of sp³-hybridized carbons (Fsp3) is 0.812. The van der Waals surface area contributed by atoms with Gasteiger partial charge in [0.05, 0.1) is 0 Å². The van der Waals surface area contributed by atoms with E-state index in [0.29, 0.717) is 5.41 Å². The highest BCUT2D eigenvalue weighted by Gasteiger charge is 2.27. The predicted molar refractivity (Wildman–Crippen MR) is 76.5 cm³/mol. The Hall–Kier alpha value is -0.790. The van der Waals surface area contributed by atoms with Crippen LogP contribution < -0.4 is 0 Å². The predicted octanol–water partition coefficient (Wildman–Crippen LogP) is 4.73. The van der Waals surface area contributed by atoms with Gasteiger partial charge in [-0.2, -0.15) is 0 Å². The van der Waals surface area contributed by atoms with Gasteiger partial charge in [0.2, 0.25) is 0 Å². The standard InChI is InChI=1S/C16H28N2/c1-3-16(2,10-9-15-17-11-12-18-15)13-14-7-5-4-6-8-14/h11-12,14H,3-10,13H2,1-2H3,(H,17,18). The number of hydrogen-bond donors (Lipinski definition) is 1. The van der Waals surface area contributed by atoms with Crippen molar-refractivity contribution in [3.63, 3.8) is 0 Å². The van der Waals surface area contributed by atoms with Crippen molar-refractivity contribution in [1.29, 1.82) is 0 Å². The van der Waals surface area contributed by atoms with Crippen molar-refractivity contribution in [2.24, 2.45) is 11.3 Å². The first kappa shape index (κ1) is 13.6. The van der Waals surface area contributed by atoms with Crippen LogP contribution in [0.5, 0.6) is 0 Å². The van der Waals surface area contributed by atoms with Crippen LogP contribution in [0.25, 0.3) is 0 Å². The molecule has 2 nitrogen and oxygen atoms in total. The molecule has 2 heteroatoms. The first-order chi connectivity index (χ1) is 8.72. The van der Waals surface area contributed by atoms with Gasteiger partial charge in [-0.3, -0.25) is 0 Å². The second kappa shape index (κ2) is 6.40. The summed E-state index contributed by atoms with van der Waals surface area (Å²) < 4.78 is 0. The highest BCUT2D eigenvalue weighted by Crippen LogP contribution is 2.39. The third-order valence-corrected chi connectivity index (χ3v) is 4.88. The summed E-state index contributed by atoms with van der Waals surface area (Å²) in [6.07, 6.45) is 16.2. The monoisotopic (exact) mass is 248 g/mol. The van der Waals surface area contributed by atoms with Gasteiger partial charge in [0.1, 0.15) is 5.82 Å². The van der Waals surface area contributed by atoms with Crippen molar-refractivity contribution in [2.45, 2.75) is 71.6 Å². The fourth-order valence-electron chi connectivity index (χ4n) is 3.37. The summed E-state index contributed by atoms with van der Waals surface area (Å²) in [6, 6.07) is 0. The van der Waals surface area contributed by atoms with Gasteiger partial charge in [-0.05, 0) is 24.2 Å². The van der Waals surface area contributed by atoms with Gasteiger partial charge in [-0.25, -0.2) is 4.98 Å². The van der Waals surface area contributed by atoms with Crippen LogP contribution >= 0.6 is 0 Å². The summed E-state index contributed by atoms with van der Waals surface area (Å²) in [5.41, 5.74) is 0.509. The molecule has 1 saturated carbocycles. The molecule has 1 aromatic heterocycles. The number of imidazole rings is 1. The van der Waals surface area contributed by atoms with Gasteiger partial charge in [-0.1, -0.05) is 52.4 Å². The molecule has 0 radical (unpaired) electrons. The number of aromatic nitrogens is 2. The summed E-state index contributed by atoms with van der Waals surface area (Å²) >= 11 is 0. The van der Waals surface area contributed by atoms with E-state index >= 15 is 0 Å². The minimum Gasteiger partial charge on any atom is -0.349 e. The van der Waals surface area contributed by atoms with Gasteiger partial charge in [0, 0.05) is 18.8 Å². The zero-order valence-corrected chi connectivity index (χ0v) is 12.0. The lowest BCUT2D eigenvalue weighted by atomic mass is 9.72. The summed E-state index contributed by atoms with van der Waals surface area (Å²) in [6.45, 7) is 4.83. The number of aryl methyl sites for hydroxylation is 1. The molecule has 2 rings (SSSR count). The maximum atomic E-state index is 4.34. The number of H-pyrrole nitrogens is 1.